The van der Waals surface area contributed by atoms with Crippen LogP contribution in [0.1, 0.15) is 19.3 Å². The summed E-state index contributed by atoms with van der Waals surface area (Å²) in [5, 5.41) is 1.58. The molecule has 2 aromatic heterocycles. The predicted octanol–water partition coefficient (Wildman–Crippen LogP) is 1.26. The maximum Gasteiger partial charge on any atom is 0.272 e. The normalized spacial score (nSPS) is 15.1. The lowest BCUT2D eigenvalue weighted by Gasteiger charge is -2.14. The first kappa shape index (κ1) is 18.5. The lowest BCUT2D eigenvalue weighted by atomic mass is 10.2. The summed E-state index contributed by atoms with van der Waals surface area (Å²) in [6.07, 6.45) is 3.52. The molecule has 3 N–H and O–H groups in total. The number of thioether (sulfide) groups is 1. The number of benzene rings is 1. The summed E-state index contributed by atoms with van der Waals surface area (Å²) in [6.45, 7) is 4.15. The molecule has 8 heteroatoms. The highest BCUT2D eigenvalue weighted by Gasteiger charge is 2.18. The summed E-state index contributed by atoms with van der Waals surface area (Å²) in [5.41, 5.74) is 6.04. The van der Waals surface area contributed by atoms with Crippen molar-refractivity contribution in [3.63, 3.8) is 0 Å². The van der Waals surface area contributed by atoms with Crippen molar-refractivity contribution in [3.05, 3.63) is 34.6 Å². The van der Waals surface area contributed by atoms with Gasteiger partial charge >= 0.3 is 0 Å². The largest absolute Gasteiger partial charge is 0.369 e. The fraction of sp³-hybridized carbons (Fsp3) is 0.421. The van der Waals surface area contributed by atoms with Crippen LogP contribution in [0.5, 0.6) is 0 Å². The second-order valence-electron chi connectivity index (χ2n) is 6.94. The number of nitrogens with two attached hydrogens (primary N) is 1. The molecule has 4 rings (SSSR count). The molecule has 0 spiro atoms. The van der Waals surface area contributed by atoms with E-state index in [0.29, 0.717) is 16.4 Å². The molecule has 0 bridgehead atoms. The van der Waals surface area contributed by atoms with Gasteiger partial charge in [-0.1, -0.05) is 30.0 Å². The van der Waals surface area contributed by atoms with Crippen LogP contribution < -0.4 is 16.2 Å². The predicted molar refractivity (Wildman–Crippen MR) is 111 cm³/mol. The number of hydrogen-bond acceptors (Lipinski definition) is 5. The fourth-order valence-corrected chi connectivity index (χ4v) is 5.56. The van der Waals surface area contributed by atoms with Crippen molar-refractivity contribution in [1.82, 2.24) is 9.55 Å². The highest BCUT2D eigenvalue weighted by molar-refractivity contribution is 7.99. The van der Waals surface area contributed by atoms with Crippen molar-refractivity contribution in [1.29, 1.82) is 0 Å². The molecule has 3 heterocycles. The van der Waals surface area contributed by atoms with Crippen LogP contribution >= 0.6 is 23.1 Å². The van der Waals surface area contributed by atoms with Crippen molar-refractivity contribution in [2.45, 2.75) is 31.0 Å². The number of amides is 1. The van der Waals surface area contributed by atoms with Crippen LogP contribution in [0.15, 0.2) is 34.2 Å². The van der Waals surface area contributed by atoms with E-state index in [1.54, 1.807) is 9.47 Å². The van der Waals surface area contributed by atoms with Crippen molar-refractivity contribution in [2.75, 3.05) is 25.4 Å². The zero-order valence-electron chi connectivity index (χ0n) is 15.1. The fourth-order valence-electron chi connectivity index (χ4n) is 3.71. The molecule has 6 nitrogen and oxygen atoms in total. The third-order valence-electron chi connectivity index (χ3n) is 5.01. The molecule has 142 valence electrons. The van der Waals surface area contributed by atoms with Gasteiger partial charge in [-0.25, -0.2) is 4.98 Å². The molecule has 27 heavy (non-hydrogen) atoms. The second-order valence-corrected chi connectivity index (χ2v) is 8.94. The third kappa shape index (κ3) is 3.88. The molecule has 1 aliphatic rings. The Hall–Kier alpha value is -1.90. The average molecular weight is 404 g/mol. The number of carbonyl (C=O) groups excluding carboxylic acids is 1. The highest BCUT2D eigenvalue weighted by Crippen LogP contribution is 2.31. The van der Waals surface area contributed by atoms with Gasteiger partial charge in [0, 0.05) is 35.9 Å². The Labute approximate surface area is 165 Å². The molecule has 3 aromatic rings. The van der Waals surface area contributed by atoms with Crippen molar-refractivity contribution in [3.8, 4) is 0 Å². The van der Waals surface area contributed by atoms with Crippen molar-refractivity contribution >= 4 is 49.3 Å². The van der Waals surface area contributed by atoms with Crippen molar-refractivity contribution in [2.24, 2.45) is 5.73 Å². The molecule has 0 radical (unpaired) electrons. The summed E-state index contributed by atoms with van der Waals surface area (Å²) in [4.78, 5) is 30.8. The van der Waals surface area contributed by atoms with E-state index >= 15 is 0 Å². The number of hydrogen-bond donors (Lipinski definition) is 2. The van der Waals surface area contributed by atoms with Gasteiger partial charge in [-0.2, -0.15) is 0 Å². The van der Waals surface area contributed by atoms with Crippen molar-refractivity contribution < 1.29 is 9.69 Å². The summed E-state index contributed by atoms with van der Waals surface area (Å²) < 4.78 is 3.48. The highest BCUT2D eigenvalue weighted by atomic mass is 32.2. The molecule has 1 saturated heterocycles. The lowest BCUT2D eigenvalue weighted by Crippen LogP contribution is -3.10. The number of likely N-dealkylation sites (tertiary alicyclic amines) is 1. The van der Waals surface area contributed by atoms with Crippen LogP contribution in [0.25, 0.3) is 20.3 Å². The maximum absolute atomic E-state index is 13.2. The number of nitrogens with one attached hydrogen (secondary N) is 1. The van der Waals surface area contributed by atoms with Crippen LogP contribution in [-0.4, -0.2) is 40.8 Å². The number of nitrogens with zero attached hydrogens (tertiary/aromatic N) is 2. The molecule has 0 aliphatic carbocycles. The van der Waals surface area contributed by atoms with E-state index in [4.69, 9.17) is 10.7 Å². The van der Waals surface area contributed by atoms with Gasteiger partial charge in [0.15, 0.2) is 5.16 Å². The van der Waals surface area contributed by atoms with Gasteiger partial charge in [0.2, 0.25) is 5.91 Å². The Kier molecular flexibility index (Phi) is 5.47. The first-order valence-corrected chi connectivity index (χ1v) is 11.1. The van der Waals surface area contributed by atoms with Gasteiger partial charge in [-0.15, -0.1) is 11.3 Å². The monoisotopic (exact) mass is 403 g/mol. The smallest absolute Gasteiger partial charge is 0.272 e. The van der Waals surface area contributed by atoms with Crippen LogP contribution in [0, 0.1) is 0 Å². The van der Waals surface area contributed by atoms with E-state index in [-0.39, 0.29) is 11.3 Å². The van der Waals surface area contributed by atoms with E-state index in [1.165, 1.54) is 49.0 Å². The quantitative estimate of drug-likeness (QED) is 0.460. The minimum Gasteiger partial charge on any atom is -0.369 e. The first-order chi connectivity index (χ1) is 13.1. The summed E-state index contributed by atoms with van der Waals surface area (Å²) in [7, 11) is 0. The summed E-state index contributed by atoms with van der Waals surface area (Å²) in [6, 6.07) is 7.93. The maximum atomic E-state index is 13.2. The zero-order valence-corrected chi connectivity index (χ0v) is 16.7. The molecule has 1 aromatic carbocycles. The minimum atomic E-state index is -0.405. The Balaban J connectivity index is 1.70. The second kappa shape index (κ2) is 8.00. The number of fused-ring (bicyclic) bond motifs is 3. The Morgan fingerprint density at radius 2 is 2.07 bits per heavy atom. The molecular formula is C19H23N4O2S2+. The summed E-state index contributed by atoms with van der Waals surface area (Å²) >= 11 is 2.75. The van der Waals surface area contributed by atoms with Gasteiger partial charge in [0.25, 0.3) is 5.56 Å². The Bertz CT molecular complexity index is 1040. The standard InChI is InChI=1S/C19H22N4O2S2/c20-15(24)12-26-19-21-16-13-6-1-2-7-14(13)27-17(16)18(25)23(19)11-5-10-22-8-3-4-9-22/h1-2,6-7H,3-5,8-12H2,(H2,20,24)/p+1. The Morgan fingerprint density at radius 1 is 1.30 bits per heavy atom. The van der Waals surface area contributed by atoms with Gasteiger partial charge in [-0.05, 0) is 6.07 Å². The van der Waals surface area contributed by atoms with E-state index in [1.807, 2.05) is 24.3 Å². The molecule has 0 saturated carbocycles. The van der Waals surface area contributed by atoms with E-state index in [2.05, 4.69) is 0 Å². The molecule has 1 amide bonds. The lowest BCUT2D eigenvalue weighted by molar-refractivity contribution is -0.887. The number of primary amides is 1. The summed E-state index contributed by atoms with van der Waals surface area (Å²) in [5.74, 6) is -0.283. The van der Waals surface area contributed by atoms with E-state index in [0.717, 1.165) is 28.6 Å². The minimum absolute atomic E-state index is 0.00964. The number of carbonyl (C=O) groups is 1. The zero-order chi connectivity index (χ0) is 18.8. The SMILES string of the molecule is NC(=O)CSc1nc2c(sc3ccccc32)c(=O)n1CCC[NH+]1CCCC1. The van der Waals surface area contributed by atoms with Gasteiger partial charge in [0.1, 0.15) is 4.70 Å². The number of aromatic nitrogens is 2. The van der Waals surface area contributed by atoms with Gasteiger partial charge < -0.3 is 10.6 Å². The van der Waals surface area contributed by atoms with Crippen LogP contribution in [0.2, 0.25) is 0 Å². The number of quaternary nitrogens is 1. The van der Waals surface area contributed by atoms with Crippen LogP contribution in [0.3, 0.4) is 0 Å². The Morgan fingerprint density at radius 3 is 2.85 bits per heavy atom. The number of rotatable bonds is 7. The molecule has 0 unspecified atom stereocenters. The van der Waals surface area contributed by atoms with Crippen LogP contribution in [-0.2, 0) is 11.3 Å². The van der Waals surface area contributed by atoms with E-state index < -0.39 is 5.91 Å². The number of thiophene rings is 1. The molecule has 1 fully saturated rings. The molecule has 1 aliphatic heterocycles. The average Bonchev–Trinajstić information content (AvgIpc) is 3.30. The van der Waals surface area contributed by atoms with Gasteiger partial charge in [0.05, 0.1) is 30.9 Å². The third-order valence-corrected chi connectivity index (χ3v) is 7.16. The van der Waals surface area contributed by atoms with E-state index in [9.17, 15) is 9.59 Å². The topological polar surface area (TPSA) is 82.4 Å². The molecular weight excluding hydrogens is 380 g/mol. The van der Waals surface area contributed by atoms with Crippen LogP contribution in [0.4, 0.5) is 0 Å². The first-order valence-electron chi connectivity index (χ1n) is 9.30. The van der Waals surface area contributed by atoms with Gasteiger partial charge in [-0.3, -0.25) is 14.2 Å². The molecule has 0 atom stereocenters.